The van der Waals surface area contributed by atoms with Crippen molar-refractivity contribution in [3.05, 3.63) is 35.4 Å². The first kappa shape index (κ1) is 21.7. The zero-order valence-corrected chi connectivity index (χ0v) is 17.0. The number of hydrogen-bond acceptors (Lipinski definition) is 5. The summed E-state index contributed by atoms with van der Waals surface area (Å²) >= 11 is 0. The van der Waals surface area contributed by atoms with Crippen LogP contribution in [0.1, 0.15) is 57.6 Å². The summed E-state index contributed by atoms with van der Waals surface area (Å²) in [6.45, 7) is 5.30. The van der Waals surface area contributed by atoms with Crippen molar-refractivity contribution in [2.24, 2.45) is 0 Å². The molecule has 152 valence electrons. The van der Waals surface area contributed by atoms with Crippen molar-refractivity contribution >= 4 is 12.0 Å². The van der Waals surface area contributed by atoms with E-state index >= 15 is 0 Å². The molecular weight excluding hydrogens is 358 g/mol. The molecule has 0 saturated heterocycles. The average Bonchev–Trinajstić information content (AvgIpc) is 3.15. The Bertz CT molecular complexity index is 713. The highest BCUT2D eigenvalue weighted by atomic mass is 16.7. The topological polar surface area (TPSA) is 91.7 Å². The van der Waals surface area contributed by atoms with Gasteiger partial charge in [0.1, 0.15) is 11.6 Å². The fraction of sp³-hybridized carbons (Fsp3) is 0.571. The molecule has 7 heteroatoms. The van der Waals surface area contributed by atoms with Crippen LogP contribution in [0.3, 0.4) is 0 Å². The summed E-state index contributed by atoms with van der Waals surface area (Å²) < 4.78 is 5.33. The Hall–Kier alpha value is -2.59. The third kappa shape index (κ3) is 6.24. The summed E-state index contributed by atoms with van der Waals surface area (Å²) in [4.78, 5) is 30.9. The van der Waals surface area contributed by atoms with Crippen molar-refractivity contribution in [3.8, 4) is 6.07 Å². The van der Waals surface area contributed by atoms with Crippen LogP contribution in [-0.4, -0.2) is 41.9 Å². The van der Waals surface area contributed by atoms with Crippen molar-refractivity contribution in [3.63, 3.8) is 0 Å². The first-order valence-electron chi connectivity index (χ1n) is 9.59. The molecule has 1 N–H and O–H groups in total. The van der Waals surface area contributed by atoms with Gasteiger partial charge in [-0.2, -0.15) is 5.26 Å². The van der Waals surface area contributed by atoms with Crippen molar-refractivity contribution in [1.82, 2.24) is 10.4 Å². The third-order valence-electron chi connectivity index (χ3n) is 4.58. The molecule has 0 heterocycles. The lowest BCUT2D eigenvalue weighted by molar-refractivity contribution is -0.190. The van der Waals surface area contributed by atoms with E-state index < -0.39 is 17.7 Å². The Balaban J connectivity index is 2.19. The van der Waals surface area contributed by atoms with E-state index in [0.29, 0.717) is 5.56 Å². The molecule has 0 unspecified atom stereocenters. The van der Waals surface area contributed by atoms with Crippen LogP contribution < -0.4 is 5.32 Å². The van der Waals surface area contributed by atoms with E-state index in [1.165, 1.54) is 12.2 Å². The smallest absolute Gasteiger partial charge is 0.408 e. The minimum atomic E-state index is -0.830. The van der Waals surface area contributed by atoms with E-state index in [4.69, 9.17) is 14.8 Å². The third-order valence-corrected chi connectivity index (χ3v) is 4.58. The van der Waals surface area contributed by atoms with E-state index in [-0.39, 0.29) is 18.4 Å². The molecule has 0 radical (unpaired) electrons. The second-order valence-corrected chi connectivity index (χ2v) is 8.00. The maximum Gasteiger partial charge on any atom is 0.408 e. The lowest BCUT2D eigenvalue weighted by Gasteiger charge is -2.30. The normalized spacial score (nSPS) is 15.5. The van der Waals surface area contributed by atoms with Gasteiger partial charge in [0, 0.05) is 6.42 Å². The standard InChI is InChI=1S/C21H29N3O4/c1-21(2,3)28-20(26)23-18(13-15-9-11-16(14-22)12-10-15)19(25)24(27-4)17-7-5-6-8-17/h9-12,17-18H,5-8,13H2,1-4H3,(H,23,26)/t18-/m0/s1. The van der Waals surface area contributed by atoms with E-state index in [1.807, 2.05) is 0 Å². The van der Waals surface area contributed by atoms with Gasteiger partial charge in [-0.1, -0.05) is 25.0 Å². The van der Waals surface area contributed by atoms with E-state index in [2.05, 4.69) is 11.4 Å². The predicted octanol–water partition coefficient (Wildman–Crippen LogP) is 3.33. The van der Waals surface area contributed by atoms with Gasteiger partial charge in [0.2, 0.25) is 0 Å². The molecule has 28 heavy (non-hydrogen) atoms. The highest BCUT2D eigenvalue weighted by Gasteiger charge is 2.34. The van der Waals surface area contributed by atoms with Gasteiger partial charge in [0.05, 0.1) is 24.8 Å². The fourth-order valence-corrected chi connectivity index (χ4v) is 3.31. The molecule has 0 aliphatic heterocycles. The van der Waals surface area contributed by atoms with Crippen molar-refractivity contribution in [1.29, 1.82) is 5.26 Å². The molecule has 1 aliphatic rings. The van der Waals surface area contributed by atoms with E-state index in [0.717, 1.165) is 31.2 Å². The van der Waals surface area contributed by atoms with Crippen molar-refractivity contribution in [2.45, 2.75) is 70.6 Å². The molecule has 1 atom stereocenters. The summed E-state index contributed by atoms with van der Waals surface area (Å²) in [6, 6.07) is 8.19. The lowest BCUT2D eigenvalue weighted by atomic mass is 10.0. The Morgan fingerprint density at radius 1 is 1.25 bits per heavy atom. The van der Waals surface area contributed by atoms with Crippen LogP contribution in [0, 0.1) is 11.3 Å². The van der Waals surface area contributed by atoms with Crippen molar-refractivity contribution in [2.75, 3.05) is 7.11 Å². The summed E-state index contributed by atoms with van der Waals surface area (Å²) in [6.07, 6.45) is 3.50. The zero-order chi connectivity index (χ0) is 20.7. The van der Waals surface area contributed by atoms with Gasteiger partial charge in [-0.15, -0.1) is 0 Å². The van der Waals surface area contributed by atoms with Gasteiger partial charge < -0.3 is 10.1 Å². The Morgan fingerprint density at radius 2 is 1.86 bits per heavy atom. The lowest BCUT2D eigenvalue weighted by Crippen LogP contribution is -2.52. The number of amides is 2. The minimum absolute atomic E-state index is 0.0152. The van der Waals surface area contributed by atoms with E-state index in [9.17, 15) is 9.59 Å². The highest BCUT2D eigenvalue weighted by Crippen LogP contribution is 2.24. The van der Waals surface area contributed by atoms with E-state index in [1.54, 1.807) is 45.0 Å². The molecule has 0 aromatic heterocycles. The molecule has 1 saturated carbocycles. The van der Waals surface area contributed by atoms with Gasteiger partial charge in [-0.25, -0.2) is 9.86 Å². The Kier molecular flexibility index (Phi) is 7.41. The maximum absolute atomic E-state index is 13.2. The number of nitrogens with one attached hydrogen (secondary N) is 1. The number of carbonyl (C=O) groups is 2. The molecule has 2 rings (SSSR count). The first-order valence-corrected chi connectivity index (χ1v) is 9.59. The Labute approximate surface area is 166 Å². The maximum atomic E-state index is 13.2. The number of hydroxylamine groups is 2. The zero-order valence-electron chi connectivity index (χ0n) is 17.0. The SMILES string of the molecule is CON(C(=O)[C@H](Cc1ccc(C#N)cc1)NC(=O)OC(C)(C)C)C1CCCC1. The van der Waals surface area contributed by atoms with Gasteiger partial charge in [0.15, 0.2) is 0 Å². The molecule has 1 aliphatic carbocycles. The number of carbonyl (C=O) groups excluding carboxylic acids is 2. The molecule has 0 bridgehead atoms. The van der Waals surface area contributed by atoms with Gasteiger partial charge in [0.25, 0.3) is 5.91 Å². The monoisotopic (exact) mass is 387 g/mol. The second-order valence-electron chi connectivity index (χ2n) is 8.00. The van der Waals surface area contributed by atoms with Crippen molar-refractivity contribution < 1.29 is 19.2 Å². The van der Waals surface area contributed by atoms with Crippen LogP contribution >= 0.6 is 0 Å². The van der Waals surface area contributed by atoms with Crippen LogP contribution in [0.5, 0.6) is 0 Å². The van der Waals surface area contributed by atoms with Crippen LogP contribution in [0.15, 0.2) is 24.3 Å². The second kappa shape index (κ2) is 9.56. The average molecular weight is 387 g/mol. The van der Waals surface area contributed by atoms with Gasteiger partial charge in [-0.3, -0.25) is 9.63 Å². The largest absolute Gasteiger partial charge is 0.444 e. The predicted molar refractivity (Wildman–Crippen MR) is 104 cm³/mol. The Morgan fingerprint density at radius 3 is 2.36 bits per heavy atom. The number of alkyl carbamates (subject to hydrolysis) is 1. The summed E-state index contributed by atoms with van der Waals surface area (Å²) in [5.41, 5.74) is 0.700. The van der Waals surface area contributed by atoms with Gasteiger partial charge >= 0.3 is 6.09 Å². The molecule has 1 aromatic carbocycles. The van der Waals surface area contributed by atoms with Crippen LogP contribution in [0.25, 0.3) is 0 Å². The molecule has 0 spiro atoms. The number of rotatable bonds is 6. The quantitative estimate of drug-likeness (QED) is 0.756. The van der Waals surface area contributed by atoms with Gasteiger partial charge in [-0.05, 0) is 51.3 Å². The summed E-state index contributed by atoms with van der Waals surface area (Å²) in [5, 5.41) is 13.0. The molecule has 1 fully saturated rings. The highest BCUT2D eigenvalue weighted by molar-refractivity contribution is 5.85. The molecular formula is C21H29N3O4. The fourth-order valence-electron chi connectivity index (χ4n) is 3.31. The molecule has 1 aromatic rings. The first-order chi connectivity index (χ1) is 13.2. The number of ether oxygens (including phenoxy) is 1. The number of benzene rings is 1. The number of nitrogens with zero attached hydrogens (tertiary/aromatic N) is 2. The summed E-state index contributed by atoms with van der Waals surface area (Å²) in [7, 11) is 1.47. The minimum Gasteiger partial charge on any atom is -0.444 e. The molecule has 7 nitrogen and oxygen atoms in total. The number of hydrogen-bond donors (Lipinski definition) is 1. The molecule has 2 amide bonds. The van der Waals surface area contributed by atoms with Crippen LogP contribution in [-0.2, 0) is 20.8 Å². The van der Waals surface area contributed by atoms with Crippen LogP contribution in [0.2, 0.25) is 0 Å². The van der Waals surface area contributed by atoms with Crippen LogP contribution in [0.4, 0.5) is 4.79 Å². The number of nitriles is 1. The summed E-state index contributed by atoms with van der Waals surface area (Å²) in [5.74, 6) is -0.301.